The molecule has 33 heavy (non-hydrogen) atoms. The molecule has 1 aliphatic rings. The third-order valence-electron chi connectivity index (χ3n) is 5.59. The highest BCUT2D eigenvalue weighted by molar-refractivity contribution is 6.00. The number of nitrogens with one attached hydrogen (secondary N) is 1. The van der Waals surface area contributed by atoms with E-state index in [1.54, 1.807) is 25.7 Å². The quantitative estimate of drug-likeness (QED) is 0.444. The number of H-pyrrole nitrogens is 1. The highest BCUT2D eigenvalue weighted by atomic mass is 19.4. The number of rotatable bonds is 2. The van der Waals surface area contributed by atoms with Crippen molar-refractivity contribution in [3.05, 3.63) is 45.0 Å². The Kier molecular flexibility index (Phi) is 5.61. The lowest BCUT2D eigenvalue weighted by Crippen LogP contribution is -2.70. The first-order chi connectivity index (χ1) is 15.4. The molecule has 12 heteroatoms. The number of carbonyl (C=O) groups is 1. The molecule has 0 radical (unpaired) electrons. The summed E-state index contributed by atoms with van der Waals surface area (Å²) < 4.78 is 46.6. The number of ether oxygens (including phenoxy) is 1. The minimum absolute atomic E-state index is 0.0405. The van der Waals surface area contributed by atoms with Crippen LogP contribution in [0.2, 0.25) is 0 Å². The van der Waals surface area contributed by atoms with E-state index in [-0.39, 0.29) is 28.2 Å². The van der Waals surface area contributed by atoms with Crippen LogP contribution in [-0.2, 0) is 10.9 Å². The standard InChI is InChI=1S/C21H24F3N5O4/c1-20(2,3)33-19(31)28-6-4-11(5-7-28)15-10-16(30)25-18-17-13(26-29(15)18)8-12(21(22,23)24)9-14(17)27-32/h8-11H,4-7,27H2,1-3H3,(H,25,30). The predicted octanol–water partition coefficient (Wildman–Crippen LogP) is 3.00. The van der Waals surface area contributed by atoms with Crippen molar-refractivity contribution in [2.75, 3.05) is 13.1 Å². The van der Waals surface area contributed by atoms with Crippen LogP contribution >= 0.6 is 0 Å². The number of nitrogens with two attached hydrogens (primary N) is 1. The maximum Gasteiger partial charge on any atom is 0.416 e. The molecular formula is C21H24F3N5O4. The second kappa shape index (κ2) is 8.03. The van der Waals surface area contributed by atoms with Crippen molar-refractivity contribution in [3.63, 3.8) is 0 Å². The number of piperidine rings is 1. The summed E-state index contributed by atoms with van der Waals surface area (Å²) in [6.07, 6.45) is -4.03. The third-order valence-corrected chi connectivity index (χ3v) is 5.59. The zero-order chi connectivity index (χ0) is 24.1. The van der Waals surface area contributed by atoms with Gasteiger partial charge < -0.3 is 25.3 Å². The highest BCUT2D eigenvalue weighted by Gasteiger charge is 2.34. The molecule has 1 aliphatic heterocycles. The largest absolute Gasteiger partial charge is 0.630 e. The van der Waals surface area contributed by atoms with Gasteiger partial charge in [-0.05, 0) is 39.7 Å². The van der Waals surface area contributed by atoms with Gasteiger partial charge in [-0.25, -0.2) is 9.31 Å². The smallest absolute Gasteiger partial charge is 0.416 e. The van der Waals surface area contributed by atoms with Gasteiger partial charge in [0.1, 0.15) is 27.8 Å². The second-order valence-electron chi connectivity index (χ2n) is 9.14. The fourth-order valence-electron chi connectivity index (χ4n) is 4.13. The summed E-state index contributed by atoms with van der Waals surface area (Å²) in [5, 5.41) is 16.0. The number of quaternary nitrogens is 1. The van der Waals surface area contributed by atoms with Crippen molar-refractivity contribution in [3.8, 4) is 0 Å². The van der Waals surface area contributed by atoms with Crippen molar-refractivity contribution < 1.29 is 28.2 Å². The molecule has 3 heterocycles. The number of carbonyl (C=O) groups excluding carboxylic acids is 1. The Hall–Kier alpha value is -3.12. The Morgan fingerprint density at radius 2 is 1.88 bits per heavy atom. The molecule has 2 aromatic heterocycles. The molecule has 0 bridgehead atoms. The highest BCUT2D eigenvalue weighted by Crippen LogP contribution is 2.36. The Morgan fingerprint density at radius 3 is 2.45 bits per heavy atom. The van der Waals surface area contributed by atoms with E-state index in [9.17, 15) is 28.0 Å². The van der Waals surface area contributed by atoms with Crippen LogP contribution < -0.4 is 11.0 Å². The van der Waals surface area contributed by atoms with Crippen LogP contribution in [0.4, 0.5) is 23.7 Å². The average Bonchev–Trinajstić information content (AvgIpc) is 3.09. The van der Waals surface area contributed by atoms with Crippen LogP contribution in [0.3, 0.4) is 0 Å². The van der Waals surface area contributed by atoms with Crippen molar-refractivity contribution in [1.29, 1.82) is 0 Å². The van der Waals surface area contributed by atoms with E-state index < -0.39 is 29.0 Å². The molecule has 9 nitrogen and oxygen atoms in total. The Bertz CT molecular complexity index is 1270. The maximum absolute atomic E-state index is 13.3. The van der Waals surface area contributed by atoms with Crippen LogP contribution in [0.1, 0.15) is 50.8 Å². The number of amides is 1. The van der Waals surface area contributed by atoms with Gasteiger partial charge in [0.05, 0.1) is 11.3 Å². The van der Waals surface area contributed by atoms with Crippen LogP contribution in [-0.4, -0.2) is 44.3 Å². The number of aromatic nitrogens is 3. The van der Waals surface area contributed by atoms with Crippen molar-refractivity contribution in [2.24, 2.45) is 0 Å². The van der Waals surface area contributed by atoms with Gasteiger partial charge in [0.2, 0.25) is 0 Å². The molecule has 0 aliphatic carbocycles. The van der Waals surface area contributed by atoms with E-state index in [1.807, 2.05) is 0 Å². The first-order valence-electron chi connectivity index (χ1n) is 10.5. The summed E-state index contributed by atoms with van der Waals surface area (Å²) in [5.74, 6) is -0.162. The fraction of sp³-hybridized carbons (Fsp3) is 0.476. The van der Waals surface area contributed by atoms with Crippen LogP contribution in [0.25, 0.3) is 16.6 Å². The molecule has 0 saturated carbocycles. The number of aromatic amines is 1. The van der Waals surface area contributed by atoms with Gasteiger partial charge in [-0.3, -0.25) is 4.79 Å². The molecule has 1 aromatic carbocycles. The number of halogens is 3. The molecule has 0 spiro atoms. The van der Waals surface area contributed by atoms with E-state index in [2.05, 4.69) is 10.1 Å². The van der Waals surface area contributed by atoms with Gasteiger partial charge >= 0.3 is 12.3 Å². The van der Waals surface area contributed by atoms with Gasteiger partial charge in [0, 0.05) is 31.1 Å². The Balaban J connectivity index is 1.72. The molecule has 0 unspecified atom stereocenters. The Labute approximate surface area is 186 Å². The third kappa shape index (κ3) is 4.53. The molecule has 1 fully saturated rings. The van der Waals surface area contributed by atoms with E-state index >= 15 is 0 Å². The zero-order valence-electron chi connectivity index (χ0n) is 18.3. The molecule has 4 rings (SSSR count). The van der Waals surface area contributed by atoms with Crippen LogP contribution in [0.5, 0.6) is 0 Å². The van der Waals surface area contributed by atoms with Gasteiger partial charge in [0.25, 0.3) is 5.56 Å². The number of fused-ring (bicyclic) bond motifs is 3. The lowest BCUT2D eigenvalue weighted by Gasteiger charge is -2.33. The molecule has 1 saturated heterocycles. The van der Waals surface area contributed by atoms with E-state index in [4.69, 9.17) is 4.74 Å². The topological polar surface area (TPSA) is 119 Å². The van der Waals surface area contributed by atoms with E-state index in [0.29, 0.717) is 37.1 Å². The first kappa shape index (κ1) is 23.1. The normalized spacial score (nSPS) is 16.0. The summed E-state index contributed by atoms with van der Waals surface area (Å²) in [7, 11) is 0. The van der Waals surface area contributed by atoms with Crippen LogP contribution in [0.15, 0.2) is 23.0 Å². The molecular weight excluding hydrogens is 443 g/mol. The van der Waals surface area contributed by atoms with Crippen molar-refractivity contribution >= 4 is 28.3 Å². The monoisotopic (exact) mass is 467 g/mol. The fourth-order valence-corrected chi connectivity index (χ4v) is 4.13. The van der Waals surface area contributed by atoms with Crippen molar-refractivity contribution in [1.82, 2.24) is 19.5 Å². The molecule has 1 amide bonds. The number of alkyl halides is 3. The lowest BCUT2D eigenvalue weighted by molar-refractivity contribution is -0.495. The van der Waals surface area contributed by atoms with Crippen molar-refractivity contribution in [2.45, 2.75) is 51.3 Å². The number of hydrogen-bond donors (Lipinski definition) is 2. The van der Waals surface area contributed by atoms with E-state index in [1.165, 1.54) is 10.6 Å². The molecule has 178 valence electrons. The minimum atomic E-state index is -4.65. The maximum atomic E-state index is 13.3. The summed E-state index contributed by atoms with van der Waals surface area (Å²) in [6.45, 7) is 6.14. The molecule has 3 N–H and O–H groups in total. The van der Waals surface area contributed by atoms with Gasteiger partial charge in [-0.15, -0.1) is 0 Å². The number of likely N-dealkylation sites (tertiary alicyclic amines) is 1. The van der Waals surface area contributed by atoms with E-state index in [0.717, 1.165) is 12.1 Å². The summed E-state index contributed by atoms with van der Waals surface area (Å²) >= 11 is 0. The number of benzene rings is 1. The summed E-state index contributed by atoms with van der Waals surface area (Å²) in [4.78, 5) is 28.9. The SMILES string of the molecule is CC(C)(C)OC(=O)N1CCC(c2cc(=O)[nH]c3c4c([NH2+][O-])cc(C(F)(F)F)cc4nn23)CC1. The number of nitrogens with zero attached hydrogens (tertiary/aromatic N) is 3. The second-order valence-corrected chi connectivity index (χ2v) is 9.14. The van der Waals surface area contributed by atoms with Gasteiger partial charge in [-0.2, -0.15) is 18.3 Å². The zero-order valence-corrected chi connectivity index (χ0v) is 18.3. The minimum Gasteiger partial charge on any atom is -0.630 e. The average molecular weight is 467 g/mol. The number of hydrogen-bond acceptors (Lipinski definition) is 5. The van der Waals surface area contributed by atoms with Gasteiger partial charge in [-0.1, -0.05) is 0 Å². The first-order valence-corrected chi connectivity index (χ1v) is 10.5. The molecule has 0 atom stereocenters. The molecule has 3 aromatic rings. The summed E-state index contributed by atoms with van der Waals surface area (Å²) in [5.41, 5.74) is -1.31. The predicted molar refractivity (Wildman–Crippen MR) is 113 cm³/mol. The Morgan fingerprint density at radius 1 is 1.21 bits per heavy atom. The summed E-state index contributed by atoms with van der Waals surface area (Å²) in [6, 6.07) is 2.97. The van der Waals surface area contributed by atoms with Crippen LogP contribution in [0, 0.1) is 5.21 Å². The van der Waals surface area contributed by atoms with Gasteiger partial charge in [0.15, 0.2) is 0 Å². The lowest BCUT2D eigenvalue weighted by atomic mass is 9.93.